The molecule has 0 aliphatic heterocycles. The molecule has 0 amide bonds. The Bertz CT molecular complexity index is 523. The second kappa shape index (κ2) is 3.25. The fourth-order valence-corrected chi connectivity index (χ4v) is 1.000. The molecule has 0 aliphatic carbocycles. The molecule has 7 nitrogen and oxygen atoms in total. The van der Waals surface area contributed by atoms with Crippen LogP contribution >= 0.6 is 0 Å². The first kappa shape index (κ1) is 10.4. The second-order valence-electron chi connectivity index (χ2n) is 2.22. The van der Waals surface area contributed by atoms with Crippen LogP contribution in [0.15, 0.2) is 20.1 Å². The average Bonchev–Trinajstić information content (AvgIpc) is 1.95. The van der Waals surface area contributed by atoms with Gasteiger partial charge >= 0.3 is 16.3 Å². The molecule has 0 N–H and O–H groups in total. The first-order chi connectivity index (χ1) is 6.29. The molecule has 0 saturated heterocycles. The van der Waals surface area contributed by atoms with Crippen LogP contribution in [0, 0.1) is 6.92 Å². The molecule has 9 heteroatoms. The summed E-state index contributed by atoms with van der Waals surface area (Å²) in [5.41, 5.74) is -1.14. The Hall–Kier alpha value is -1.64. The number of hydrogen-bond acceptors (Lipinski definition) is 6. The van der Waals surface area contributed by atoms with Crippen molar-refractivity contribution in [1.82, 2.24) is 4.73 Å². The SMILES string of the molecule is Cc1cc(=O)n(OS(=O)(=O)F)c(=O)o1. The molecule has 0 spiro atoms. The van der Waals surface area contributed by atoms with E-state index in [1.54, 1.807) is 0 Å². The molecule has 0 atom stereocenters. The molecule has 1 heterocycles. The Morgan fingerprint density at radius 3 is 2.50 bits per heavy atom. The molecule has 0 saturated carbocycles. The zero-order valence-corrected chi connectivity index (χ0v) is 7.58. The van der Waals surface area contributed by atoms with E-state index in [2.05, 4.69) is 8.70 Å². The Balaban J connectivity index is 3.38. The van der Waals surface area contributed by atoms with Gasteiger partial charge in [-0.05, 0) is 6.92 Å². The van der Waals surface area contributed by atoms with Crippen molar-refractivity contribution in [1.29, 1.82) is 0 Å². The van der Waals surface area contributed by atoms with Crippen LogP contribution < -0.4 is 15.6 Å². The van der Waals surface area contributed by atoms with Gasteiger partial charge in [-0.3, -0.25) is 9.08 Å². The van der Waals surface area contributed by atoms with Gasteiger partial charge in [-0.25, -0.2) is 4.79 Å². The fraction of sp³-hybridized carbons (Fsp3) is 0.200. The molecule has 1 rings (SSSR count). The number of aryl methyl sites for hydroxylation is 1. The van der Waals surface area contributed by atoms with Crippen LogP contribution in [0.25, 0.3) is 0 Å². The number of aromatic nitrogens is 1. The van der Waals surface area contributed by atoms with Gasteiger partial charge in [-0.1, -0.05) is 8.62 Å². The normalized spacial score (nSPS) is 11.3. The van der Waals surface area contributed by atoms with Crippen LogP contribution in [-0.4, -0.2) is 13.1 Å². The van der Waals surface area contributed by atoms with E-state index in [1.165, 1.54) is 6.92 Å². The smallest absolute Gasteiger partial charge is 0.412 e. The molecular weight excluding hydrogens is 221 g/mol. The zero-order valence-electron chi connectivity index (χ0n) is 6.76. The maximum atomic E-state index is 11.9. The highest BCUT2D eigenvalue weighted by atomic mass is 32.3. The molecule has 0 bridgehead atoms. The van der Waals surface area contributed by atoms with Crippen molar-refractivity contribution in [3.8, 4) is 0 Å². The van der Waals surface area contributed by atoms with Crippen molar-refractivity contribution in [3.05, 3.63) is 32.7 Å². The van der Waals surface area contributed by atoms with Crippen molar-refractivity contribution in [2.75, 3.05) is 0 Å². The number of halogens is 1. The van der Waals surface area contributed by atoms with E-state index >= 15 is 0 Å². The van der Waals surface area contributed by atoms with Gasteiger partial charge < -0.3 is 4.42 Å². The summed E-state index contributed by atoms with van der Waals surface area (Å²) in [6, 6.07) is 0.770. The summed E-state index contributed by atoms with van der Waals surface area (Å²) in [7, 11) is -5.43. The fourth-order valence-electron chi connectivity index (χ4n) is 0.687. The van der Waals surface area contributed by atoms with Gasteiger partial charge in [0.05, 0.1) is 0 Å². The van der Waals surface area contributed by atoms with Crippen molar-refractivity contribution < 1.29 is 21.0 Å². The van der Waals surface area contributed by atoms with Gasteiger partial charge in [-0.15, -0.1) is 0 Å². The first-order valence-electron chi connectivity index (χ1n) is 3.18. The summed E-state index contributed by atoms with van der Waals surface area (Å²) in [6.07, 6.45) is 0. The lowest BCUT2D eigenvalue weighted by Crippen LogP contribution is -2.38. The van der Waals surface area contributed by atoms with E-state index in [-0.39, 0.29) is 10.5 Å². The molecular formula is C5H4FNO6S. The maximum Gasteiger partial charge on any atom is 0.508 e. The summed E-state index contributed by atoms with van der Waals surface area (Å²) in [5, 5.41) is 0. The third-order valence-electron chi connectivity index (χ3n) is 1.10. The third-order valence-corrected chi connectivity index (χ3v) is 1.43. The van der Waals surface area contributed by atoms with E-state index in [0.29, 0.717) is 0 Å². The molecule has 0 aliphatic rings. The highest BCUT2D eigenvalue weighted by Crippen LogP contribution is 1.88. The Morgan fingerprint density at radius 2 is 2.07 bits per heavy atom. The van der Waals surface area contributed by atoms with Crippen LogP contribution in [0.1, 0.15) is 5.76 Å². The Labute approximate surface area is 76.7 Å². The lowest BCUT2D eigenvalue weighted by atomic mass is 10.5. The Kier molecular flexibility index (Phi) is 2.43. The average molecular weight is 225 g/mol. The minimum absolute atomic E-state index is 0.0453. The number of hydrogen-bond donors (Lipinski definition) is 0. The minimum atomic E-state index is -5.43. The summed E-state index contributed by atoms with van der Waals surface area (Å²) in [4.78, 5) is 21.7. The predicted molar refractivity (Wildman–Crippen MR) is 40.6 cm³/mol. The van der Waals surface area contributed by atoms with Gasteiger partial charge in [0, 0.05) is 6.07 Å². The van der Waals surface area contributed by atoms with Crippen LogP contribution in [0.3, 0.4) is 0 Å². The molecule has 1 aromatic heterocycles. The van der Waals surface area contributed by atoms with Crippen LogP contribution in [0.4, 0.5) is 3.89 Å². The number of nitrogens with zero attached hydrogens (tertiary/aromatic N) is 1. The molecule has 0 unspecified atom stereocenters. The molecule has 14 heavy (non-hydrogen) atoms. The van der Waals surface area contributed by atoms with Crippen molar-refractivity contribution >= 4 is 10.5 Å². The van der Waals surface area contributed by atoms with Crippen LogP contribution in [-0.2, 0) is 10.5 Å². The monoisotopic (exact) mass is 225 g/mol. The molecule has 1 aromatic rings. The molecule has 78 valence electrons. The predicted octanol–water partition coefficient (Wildman–Crippen LogP) is -1.25. The van der Waals surface area contributed by atoms with Gasteiger partial charge in [0.15, 0.2) is 0 Å². The molecule has 0 fully saturated rings. The van der Waals surface area contributed by atoms with E-state index in [9.17, 15) is 21.9 Å². The summed E-state index contributed by atoms with van der Waals surface area (Å²) >= 11 is 0. The van der Waals surface area contributed by atoms with Gasteiger partial charge in [0.1, 0.15) is 5.76 Å². The lowest BCUT2D eigenvalue weighted by molar-refractivity contribution is 0.198. The van der Waals surface area contributed by atoms with Gasteiger partial charge in [0.25, 0.3) is 5.56 Å². The van der Waals surface area contributed by atoms with Crippen molar-refractivity contribution in [2.45, 2.75) is 6.92 Å². The van der Waals surface area contributed by atoms with E-state index in [4.69, 9.17) is 0 Å². The quantitative estimate of drug-likeness (QED) is 0.583. The van der Waals surface area contributed by atoms with E-state index in [1.807, 2.05) is 0 Å². The van der Waals surface area contributed by atoms with Crippen molar-refractivity contribution in [3.63, 3.8) is 0 Å². The van der Waals surface area contributed by atoms with Crippen molar-refractivity contribution in [2.24, 2.45) is 0 Å². The topological polar surface area (TPSA) is 95.6 Å². The third kappa shape index (κ3) is 2.42. The lowest BCUT2D eigenvalue weighted by Gasteiger charge is -1.99. The minimum Gasteiger partial charge on any atom is -0.412 e. The zero-order chi connectivity index (χ0) is 10.9. The van der Waals surface area contributed by atoms with E-state index < -0.39 is 21.8 Å². The van der Waals surface area contributed by atoms with Crippen LogP contribution in [0.5, 0.6) is 0 Å². The maximum absolute atomic E-state index is 11.9. The van der Waals surface area contributed by atoms with E-state index in [0.717, 1.165) is 6.07 Å². The first-order valence-corrected chi connectivity index (χ1v) is 4.49. The summed E-state index contributed by atoms with van der Waals surface area (Å²) in [6.45, 7) is 1.29. The Morgan fingerprint density at radius 1 is 1.50 bits per heavy atom. The van der Waals surface area contributed by atoms with Crippen LogP contribution in [0.2, 0.25) is 0 Å². The molecule has 0 aromatic carbocycles. The summed E-state index contributed by atoms with van der Waals surface area (Å²) < 4.78 is 39.2. The highest BCUT2D eigenvalue weighted by Gasteiger charge is 2.14. The molecule has 0 radical (unpaired) electrons. The standard InChI is InChI=1S/C5H4FNO6S/c1-3-2-4(8)7(5(9)12-3)13-14(6,10)11/h2H,1H3. The largest absolute Gasteiger partial charge is 0.508 e. The van der Waals surface area contributed by atoms with Gasteiger partial charge in [-0.2, -0.15) is 8.42 Å². The summed E-state index contributed by atoms with van der Waals surface area (Å²) in [5.74, 6) is -1.47. The highest BCUT2D eigenvalue weighted by molar-refractivity contribution is 7.81. The second-order valence-corrected chi connectivity index (χ2v) is 3.16. The van der Waals surface area contributed by atoms with Gasteiger partial charge in [0.2, 0.25) is 0 Å². The number of rotatable bonds is 2.